The van der Waals surface area contributed by atoms with Crippen molar-refractivity contribution in [1.29, 1.82) is 0 Å². The highest BCUT2D eigenvalue weighted by atomic mass is 35.5. The largest absolute Gasteiger partial charge is 0.461 e. The van der Waals surface area contributed by atoms with Gasteiger partial charge in [-0.3, -0.25) is 9.80 Å². The molecule has 2 aromatic rings. The summed E-state index contributed by atoms with van der Waals surface area (Å²) in [7, 11) is -2.17. The molecular formula is C37H54ClFN6O3Si. The van der Waals surface area contributed by atoms with Gasteiger partial charge in [-0.05, 0) is 89.0 Å². The molecule has 0 aromatic carbocycles. The molecule has 2 atom stereocenters. The molecule has 0 N–H and O–H groups in total. The average molecular weight is 713 g/mol. The molecule has 0 spiro atoms. The van der Waals surface area contributed by atoms with Gasteiger partial charge in [0.1, 0.15) is 37.3 Å². The van der Waals surface area contributed by atoms with Gasteiger partial charge in [-0.2, -0.15) is 9.97 Å². The lowest BCUT2D eigenvalue weighted by atomic mass is 9.95. The van der Waals surface area contributed by atoms with Gasteiger partial charge in [0, 0.05) is 13.1 Å². The van der Waals surface area contributed by atoms with E-state index in [9.17, 15) is 4.79 Å². The molecule has 12 heteroatoms. The van der Waals surface area contributed by atoms with Gasteiger partial charge in [-0.15, -0.1) is 5.54 Å². The second kappa shape index (κ2) is 13.5. The van der Waals surface area contributed by atoms with Gasteiger partial charge in [-0.1, -0.05) is 59.1 Å². The summed E-state index contributed by atoms with van der Waals surface area (Å²) in [5.74, 6) is 3.28. The summed E-state index contributed by atoms with van der Waals surface area (Å²) in [6.45, 7) is 22.9. The van der Waals surface area contributed by atoms with Crippen LogP contribution in [0.5, 0.6) is 6.01 Å². The molecule has 1 amide bonds. The highest BCUT2D eigenvalue weighted by molar-refractivity contribution is 6.90. The van der Waals surface area contributed by atoms with Crippen molar-refractivity contribution in [3.05, 3.63) is 16.7 Å². The maximum atomic E-state index is 16.1. The third-order valence-electron chi connectivity index (χ3n) is 11.6. The van der Waals surface area contributed by atoms with E-state index in [1.165, 1.54) is 0 Å². The monoisotopic (exact) mass is 712 g/mol. The first kappa shape index (κ1) is 36.1. The van der Waals surface area contributed by atoms with E-state index in [1.54, 1.807) is 0 Å². The first-order valence-corrected chi connectivity index (χ1v) is 20.9. The Hall–Kier alpha value is -2.68. The van der Waals surface area contributed by atoms with Crippen molar-refractivity contribution in [2.45, 2.75) is 141 Å². The van der Waals surface area contributed by atoms with Crippen molar-refractivity contribution in [1.82, 2.24) is 24.8 Å². The molecule has 49 heavy (non-hydrogen) atoms. The van der Waals surface area contributed by atoms with E-state index >= 15 is 4.39 Å². The van der Waals surface area contributed by atoms with Crippen molar-refractivity contribution in [2.75, 3.05) is 37.7 Å². The van der Waals surface area contributed by atoms with Crippen molar-refractivity contribution in [2.24, 2.45) is 0 Å². The van der Waals surface area contributed by atoms with Gasteiger partial charge in [0.2, 0.25) is 0 Å². The molecule has 0 saturated carbocycles. The van der Waals surface area contributed by atoms with Crippen LogP contribution in [0.4, 0.5) is 15.0 Å². The van der Waals surface area contributed by atoms with Gasteiger partial charge >= 0.3 is 12.1 Å². The fraction of sp³-hybridized carbons (Fsp3) is 0.730. The molecular weight excluding hydrogens is 659 g/mol. The highest BCUT2D eigenvalue weighted by Gasteiger charge is 2.47. The van der Waals surface area contributed by atoms with Crippen LogP contribution >= 0.6 is 11.6 Å². The fourth-order valence-electron chi connectivity index (χ4n) is 9.44. The van der Waals surface area contributed by atoms with E-state index in [-0.39, 0.29) is 40.4 Å². The predicted octanol–water partition coefficient (Wildman–Crippen LogP) is 7.98. The second-order valence-corrected chi connectivity index (χ2v) is 22.6. The molecule has 4 aliphatic heterocycles. The van der Waals surface area contributed by atoms with Crippen LogP contribution in [-0.4, -0.2) is 94.9 Å². The minimum Gasteiger partial charge on any atom is -0.461 e. The number of hydrogen-bond acceptors (Lipinski definition) is 8. The number of anilines is 1. The highest BCUT2D eigenvalue weighted by Crippen LogP contribution is 2.43. The number of carbonyl (C=O) groups is 1. The third kappa shape index (κ3) is 6.62. The quantitative estimate of drug-likeness (QED) is 0.162. The standard InChI is InChI=1S/C37H54ClFN6O3Si/c1-23(2)49(24(3)4,25(5)6)19-14-28-29-31(30(39)32(38)40-28)41-34(47-22-37-15-10-17-44(37)18-11-16-37)42-33(29)43-20-26-12-13-27(21-43)45(26)35(46)48-36(7,8)9/h23-27H,10-13,15-18,20-22H2,1-9H3. The number of halogens is 2. The maximum absolute atomic E-state index is 16.1. The SMILES string of the molecule is CC(C)[Si](C#Cc1nc(Cl)c(F)c2nc(OCC34CCCN3CCC4)nc(N3CC4CCC(C3)N4C(=O)OC(C)(C)C)c12)(C(C)C)C(C)C. The Bertz CT molecular complexity index is 1610. The Labute approximate surface area is 297 Å². The van der Waals surface area contributed by atoms with E-state index < -0.39 is 19.5 Å². The van der Waals surface area contributed by atoms with E-state index in [4.69, 9.17) is 31.0 Å². The summed E-state index contributed by atoms with van der Waals surface area (Å²) in [5, 5.41) is 0.192. The number of amides is 1. The number of hydrogen-bond donors (Lipinski definition) is 0. The van der Waals surface area contributed by atoms with Gasteiger partial charge in [0.05, 0.1) is 23.0 Å². The first-order chi connectivity index (χ1) is 23.1. The summed E-state index contributed by atoms with van der Waals surface area (Å²) < 4.78 is 28.4. The Morgan fingerprint density at radius 1 is 1.00 bits per heavy atom. The zero-order valence-electron chi connectivity index (χ0n) is 30.8. The van der Waals surface area contributed by atoms with Crippen molar-refractivity contribution in [3.8, 4) is 17.5 Å². The summed E-state index contributed by atoms with van der Waals surface area (Å²) in [4.78, 5) is 34.2. The van der Waals surface area contributed by atoms with Gasteiger partial charge in [0.15, 0.2) is 11.0 Å². The van der Waals surface area contributed by atoms with Gasteiger partial charge in [0.25, 0.3) is 0 Å². The molecule has 6 rings (SSSR count). The Balaban J connectivity index is 1.46. The molecule has 4 aliphatic rings. The average Bonchev–Trinajstić information content (AvgIpc) is 3.67. The number of carbonyl (C=O) groups excluding carboxylic acids is 1. The number of ether oxygens (including phenoxy) is 2. The molecule has 2 bridgehead atoms. The molecule has 4 saturated heterocycles. The van der Waals surface area contributed by atoms with Gasteiger partial charge < -0.3 is 14.4 Å². The van der Waals surface area contributed by atoms with E-state index in [0.29, 0.717) is 53.2 Å². The first-order valence-electron chi connectivity index (χ1n) is 18.3. The molecule has 4 fully saturated rings. The third-order valence-corrected chi connectivity index (χ3v) is 18.2. The number of nitrogens with zero attached hydrogens (tertiary/aromatic N) is 6. The number of fused-ring (bicyclic) bond motifs is 4. The lowest BCUT2D eigenvalue weighted by Crippen LogP contribution is -2.57. The van der Waals surface area contributed by atoms with Crippen LogP contribution in [0.2, 0.25) is 21.8 Å². The van der Waals surface area contributed by atoms with E-state index in [0.717, 1.165) is 51.6 Å². The minimum absolute atomic E-state index is 0.0276. The van der Waals surface area contributed by atoms with Crippen LogP contribution in [0, 0.1) is 17.3 Å². The second-order valence-electron chi connectivity index (χ2n) is 16.7. The van der Waals surface area contributed by atoms with Crippen LogP contribution < -0.4 is 9.64 Å². The van der Waals surface area contributed by atoms with Crippen molar-refractivity contribution < 1.29 is 18.7 Å². The van der Waals surface area contributed by atoms with Crippen LogP contribution in [0.3, 0.4) is 0 Å². The predicted molar refractivity (Wildman–Crippen MR) is 196 cm³/mol. The van der Waals surface area contributed by atoms with Crippen LogP contribution in [0.15, 0.2) is 0 Å². The zero-order chi connectivity index (χ0) is 35.5. The summed E-state index contributed by atoms with van der Waals surface area (Å²) in [5.41, 5.74) is 4.81. The van der Waals surface area contributed by atoms with Crippen LogP contribution in [-0.2, 0) is 4.74 Å². The Kier molecular flexibility index (Phi) is 9.92. The minimum atomic E-state index is -2.17. The summed E-state index contributed by atoms with van der Waals surface area (Å²) in [6, 6.07) is -0.0160. The fourth-order valence-corrected chi connectivity index (χ4v) is 14.8. The number of aromatic nitrogens is 3. The molecule has 0 radical (unpaired) electrons. The molecule has 2 unspecified atom stereocenters. The number of rotatable bonds is 7. The maximum Gasteiger partial charge on any atom is 0.410 e. The molecule has 9 nitrogen and oxygen atoms in total. The molecule has 0 aliphatic carbocycles. The smallest absolute Gasteiger partial charge is 0.410 e. The normalized spacial score (nSPS) is 22.3. The van der Waals surface area contributed by atoms with E-state index in [2.05, 4.69) is 67.8 Å². The molecule has 2 aromatic heterocycles. The Morgan fingerprint density at radius 2 is 1.59 bits per heavy atom. The van der Waals surface area contributed by atoms with Gasteiger partial charge in [-0.25, -0.2) is 14.2 Å². The Morgan fingerprint density at radius 3 is 2.14 bits per heavy atom. The summed E-state index contributed by atoms with van der Waals surface area (Å²) in [6.07, 6.45) is 5.83. The van der Waals surface area contributed by atoms with E-state index in [1.807, 2.05) is 25.7 Å². The lowest BCUT2D eigenvalue weighted by molar-refractivity contribution is 0.0122. The lowest BCUT2D eigenvalue weighted by Gasteiger charge is -2.42. The molecule has 6 heterocycles. The number of pyridine rings is 1. The molecule has 268 valence electrons. The van der Waals surface area contributed by atoms with Crippen LogP contribution in [0.25, 0.3) is 10.9 Å². The zero-order valence-corrected chi connectivity index (χ0v) is 32.6. The topological polar surface area (TPSA) is 83.9 Å². The number of piperazine rings is 1. The summed E-state index contributed by atoms with van der Waals surface area (Å²) >= 11 is 6.51. The van der Waals surface area contributed by atoms with Crippen LogP contribution in [0.1, 0.15) is 107 Å². The van der Waals surface area contributed by atoms with Crippen molar-refractivity contribution >= 4 is 42.5 Å². The van der Waals surface area contributed by atoms with Crippen molar-refractivity contribution in [3.63, 3.8) is 0 Å².